The lowest BCUT2D eigenvalue weighted by Crippen LogP contribution is -2.29. The zero-order valence-electron chi connectivity index (χ0n) is 13.6. The van der Waals surface area contributed by atoms with Crippen molar-refractivity contribution in [2.24, 2.45) is 0 Å². The first-order valence-electron chi connectivity index (χ1n) is 7.49. The number of halogens is 5. The average Bonchev–Trinajstić information content (AvgIpc) is 2.60. The van der Waals surface area contributed by atoms with E-state index in [0.29, 0.717) is 5.69 Å². The summed E-state index contributed by atoms with van der Waals surface area (Å²) in [5.41, 5.74) is -1.78. The summed E-state index contributed by atoms with van der Waals surface area (Å²) < 4.78 is 69.6. The average molecular weight is 419 g/mol. The topological polar surface area (TPSA) is 87.0 Å². The number of hydrogen-bond donors (Lipinski definition) is 3. The van der Waals surface area contributed by atoms with E-state index in [2.05, 4.69) is 19.4 Å². The predicted molar refractivity (Wildman–Crippen MR) is 92.8 cm³/mol. The number of anilines is 1. The van der Waals surface area contributed by atoms with Crippen molar-refractivity contribution < 1.29 is 26.7 Å². The number of aromatic amines is 2. The van der Waals surface area contributed by atoms with Gasteiger partial charge in [-0.15, -0.1) is 13.2 Å². The van der Waals surface area contributed by atoms with Gasteiger partial charge < -0.3 is 19.4 Å². The van der Waals surface area contributed by atoms with Crippen molar-refractivity contribution in [2.75, 3.05) is 4.72 Å². The Balaban J connectivity index is 1.85. The Kier molecular flexibility index (Phi) is 5.31. The van der Waals surface area contributed by atoms with Crippen LogP contribution in [0.25, 0.3) is 11.0 Å². The molecule has 1 heterocycles. The van der Waals surface area contributed by atoms with Crippen LogP contribution in [0.15, 0.2) is 50.9 Å². The van der Waals surface area contributed by atoms with Gasteiger partial charge in [0.15, 0.2) is 0 Å². The molecule has 1 aromatic heterocycles. The molecule has 148 valence electrons. The lowest BCUT2D eigenvalue weighted by atomic mass is 10.2. The van der Waals surface area contributed by atoms with Crippen molar-refractivity contribution in [1.29, 1.82) is 0 Å². The molecule has 0 aliphatic rings. The third-order valence-corrected chi connectivity index (χ3v) is 4.37. The zero-order chi connectivity index (χ0) is 20.5. The van der Waals surface area contributed by atoms with Gasteiger partial charge in [-0.25, -0.2) is 8.78 Å². The van der Waals surface area contributed by atoms with E-state index in [4.69, 9.17) is 0 Å². The zero-order valence-corrected chi connectivity index (χ0v) is 14.4. The van der Waals surface area contributed by atoms with E-state index in [-0.39, 0.29) is 15.9 Å². The summed E-state index contributed by atoms with van der Waals surface area (Å²) in [7, 11) is 0. The first-order valence-corrected chi connectivity index (χ1v) is 8.31. The second-order valence-electron chi connectivity index (χ2n) is 5.42. The number of H-pyrrole nitrogens is 2. The van der Waals surface area contributed by atoms with E-state index in [1.807, 2.05) is 0 Å². The summed E-state index contributed by atoms with van der Waals surface area (Å²) in [6.07, 6.45) is -7.69. The molecule has 12 heteroatoms. The van der Waals surface area contributed by atoms with Crippen LogP contribution in [0.1, 0.15) is 12.0 Å². The Hall–Kier alpha value is -3.02. The molecule has 0 aliphatic heterocycles. The molecule has 0 saturated heterocycles. The molecule has 0 spiro atoms. The first kappa shape index (κ1) is 19.7. The number of nitrogens with one attached hydrogen (secondary N) is 3. The number of rotatable bonds is 5. The molecule has 0 unspecified atom stereocenters. The minimum atomic E-state index is -4.82. The summed E-state index contributed by atoms with van der Waals surface area (Å²) in [6, 6.07) is 6.97. The van der Waals surface area contributed by atoms with Gasteiger partial charge in [-0.1, -0.05) is 0 Å². The Morgan fingerprint density at radius 3 is 2.07 bits per heavy atom. The summed E-state index contributed by atoms with van der Waals surface area (Å²) in [6.45, 7) is 0. The quantitative estimate of drug-likeness (QED) is 0.328. The molecule has 0 saturated carbocycles. The molecule has 3 aromatic rings. The van der Waals surface area contributed by atoms with Crippen LogP contribution in [-0.4, -0.2) is 16.3 Å². The van der Waals surface area contributed by atoms with Crippen LogP contribution >= 0.6 is 11.9 Å². The highest BCUT2D eigenvalue weighted by molar-refractivity contribution is 8.00. The van der Waals surface area contributed by atoms with Gasteiger partial charge in [-0.2, -0.15) is 0 Å². The van der Waals surface area contributed by atoms with Crippen molar-refractivity contribution in [3.8, 4) is 5.75 Å². The van der Waals surface area contributed by atoms with Crippen LogP contribution < -0.4 is 20.6 Å². The number of hydrogen-bond acceptors (Lipinski definition) is 5. The number of alkyl halides is 5. The van der Waals surface area contributed by atoms with Crippen LogP contribution in [0.5, 0.6) is 5.75 Å². The van der Waals surface area contributed by atoms with Crippen LogP contribution in [0, 0.1) is 0 Å². The molecular weight excluding hydrogens is 409 g/mol. The molecule has 6 nitrogen and oxygen atoms in total. The predicted octanol–water partition coefficient (Wildman–Crippen LogP) is 4.17. The minimum absolute atomic E-state index is 0.0397. The van der Waals surface area contributed by atoms with Crippen molar-refractivity contribution in [3.05, 3.63) is 62.7 Å². The van der Waals surface area contributed by atoms with Crippen molar-refractivity contribution >= 4 is 28.7 Å². The molecule has 0 radical (unpaired) electrons. The molecule has 3 N–H and O–H groups in total. The lowest BCUT2D eigenvalue weighted by molar-refractivity contribution is -0.274. The van der Waals surface area contributed by atoms with Gasteiger partial charge in [-0.05, 0) is 48.3 Å². The van der Waals surface area contributed by atoms with Crippen molar-refractivity contribution in [3.63, 3.8) is 0 Å². The van der Waals surface area contributed by atoms with Crippen LogP contribution in [-0.2, 0) is 0 Å². The molecule has 0 amide bonds. The molecule has 0 atom stereocenters. The number of benzene rings is 2. The largest absolute Gasteiger partial charge is 0.573 e. The number of aromatic nitrogens is 2. The highest BCUT2D eigenvalue weighted by atomic mass is 32.2. The van der Waals surface area contributed by atoms with Gasteiger partial charge >= 0.3 is 17.5 Å². The van der Waals surface area contributed by atoms with E-state index >= 15 is 0 Å². The van der Waals surface area contributed by atoms with E-state index in [1.54, 1.807) is 0 Å². The van der Waals surface area contributed by atoms with E-state index < -0.39 is 35.2 Å². The van der Waals surface area contributed by atoms with Crippen LogP contribution in [0.4, 0.5) is 27.6 Å². The summed E-state index contributed by atoms with van der Waals surface area (Å²) in [4.78, 5) is 27.3. The highest BCUT2D eigenvalue weighted by Crippen LogP contribution is 2.34. The van der Waals surface area contributed by atoms with Gasteiger partial charge in [0.05, 0.1) is 11.0 Å². The maximum Gasteiger partial charge on any atom is 0.573 e. The fourth-order valence-corrected chi connectivity index (χ4v) is 3.07. The van der Waals surface area contributed by atoms with Gasteiger partial charge in [0.2, 0.25) is 0 Å². The van der Waals surface area contributed by atoms with Crippen LogP contribution in [0.2, 0.25) is 0 Å². The molecule has 3 rings (SSSR count). The number of ether oxygens (including phenoxy) is 1. The summed E-state index contributed by atoms with van der Waals surface area (Å²) >= 11 is 0.765. The lowest BCUT2D eigenvalue weighted by Gasteiger charge is -2.12. The Labute approximate surface area is 156 Å². The highest BCUT2D eigenvalue weighted by Gasteiger charge is 2.30. The van der Waals surface area contributed by atoms with Gasteiger partial charge in [-0.3, -0.25) is 9.59 Å². The van der Waals surface area contributed by atoms with Gasteiger partial charge in [0.25, 0.3) is 6.43 Å². The van der Waals surface area contributed by atoms with Gasteiger partial charge in [0, 0.05) is 16.1 Å². The molecule has 0 bridgehead atoms. The van der Waals surface area contributed by atoms with E-state index in [9.17, 15) is 31.5 Å². The maximum absolute atomic E-state index is 13.3. The smallest absolute Gasteiger partial charge is 0.406 e. The second kappa shape index (κ2) is 7.54. The molecule has 0 fully saturated rings. The second-order valence-corrected chi connectivity index (χ2v) is 6.27. The van der Waals surface area contributed by atoms with Gasteiger partial charge in [0.1, 0.15) is 5.75 Å². The molecule has 28 heavy (non-hydrogen) atoms. The molecule has 2 aromatic carbocycles. The normalized spacial score (nSPS) is 11.8. The monoisotopic (exact) mass is 419 g/mol. The first-order chi connectivity index (χ1) is 13.1. The molecule has 0 aliphatic carbocycles. The van der Waals surface area contributed by atoms with E-state index in [1.165, 1.54) is 18.2 Å². The number of fused-ring (bicyclic) bond motifs is 1. The van der Waals surface area contributed by atoms with Crippen molar-refractivity contribution in [1.82, 2.24) is 9.97 Å². The Morgan fingerprint density at radius 2 is 1.54 bits per heavy atom. The standard InChI is InChI=1S/C16H10F5N3O3S/c17-13(18)9-5-10-11(23-15(26)14(25)22-10)6-12(9)28-24-7-1-3-8(4-2-7)27-16(19,20)21/h1-6,13,24H,(H,22,25)(H,23,26). The third kappa shape index (κ3) is 4.63. The Morgan fingerprint density at radius 1 is 0.964 bits per heavy atom. The summed E-state index contributed by atoms with van der Waals surface area (Å²) in [5, 5.41) is 0. The van der Waals surface area contributed by atoms with Crippen molar-refractivity contribution in [2.45, 2.75) is 17.7 Å². The maximum atomic E-state index is 13.3. The van der Waals surface area contributed by atoms with E-state index in [0.717, 1.165) is 30.1 Å². The fourth-order valence-electron chi connectivity index (χ4n) is 2.26. The molecular formula is C16H10F5N3O3S. The Bertz CT molecular complexity index is 1110. The van der Waals surface area contributed by atoms with Crippen LogP contribution in [0.3, 0.4) is 0 Å². The third-order valence-electron chi connectivity index (χ3n) is 3.45. The SMILES string of the molecule is O=c1[nH]c2cc(SNc3ccc(OC(F)(F)F)cc3)c(C(F)F)cc2[nH]c1=O. The fraction of sp³-hybridized carbons (Fsp3) is 0.125. The minimum Gasteiger partial charge on any atom is -0.406 e. The summed E-state index contributed by atoms with van der Waals surface area (Å²) in [5.74, 6) is -0.427.